The van der Waals surface area contributed by atoms with Gasteiger partial charge in [-0.1, -0.05) is 64.2 Å². The van der Waals surface area contributed by atoms with Crippen molar-refractivity contribution in [2.75, 3.05) is 72.5 Å². The summed E-state index contributed by atoms with van der Waals surface area (Å²) in [4.78, 5) is 81.2. The third-order valence-electron chi connectivity index (χ3n) is 9.07. The molecular weight excluding hydrogens is 773 g/mol. The molecule has 340 valence electrons. The van der Waals surface area contributed by atoms with Crippen LogP contribution >= 0.6 is 0 Å². The maximum atomic E-state index is 12.3. The number of aliphatic carboxylic acids is 3. The van der Waals surface area contributed by atoms with Gasteiger partial charge in [0.25, 0.3) is 0 Å². The van der Waals surface area contributed by atoms with Crippen molar-refractivity contribution in [1.29, 1.82) is 0 Å². The quantitative estimate of drug-likeness (QED) is 0.0315. The van der Waals surface area contributed by atoms with Crippen molar-refractivity contribution in [3.63, 3.8) is 0 Å². The third kappa shape index (κ3) is 38.1. The number of unbranched alkanes of at least 4 members (excludes halogenated alkanes) is 12. The molecule has 0 saturated heterocycles. The predicted molar refractivity (Wildman–Crippen MR) is 220 cm³/mol. The molecule has 0 bridgehead atoms. The zero-order valence-electron chi connectivity index (χ0n) is 35.2. The number of rotatable bonds is 43. The molecule has 0 heterocycles. The molecule has 0 saturated carbocycles. The second-order valence-electron chi connectivity index (χ2n) is 14.2. The highest BCUT2D eigenvalue weighted by Gasteiger charge is 2.21. The Labute approximate surface area is 349 Å². The van der Waals surface area contributed by atoms with Gasteiger partial charge in [-0.15, -0.1) is 0 Å². The van der Waals surface area contributed by atoms with Crippen LogP contribution < -0.4 is 26.5 Å². The minimum absolute atomic E-state index is 0.0350. The van der Waals surface area contributed by atoms with Crippen LogP contribution in [0.1, 0.15) is 122 Å². The maximum Gasteiger partial charge on any atom is 0.326 e. The second-order valence-corrected chi connectivity index (χ2v) is 14.2. The van der Waals surface area contributed by atoms with Crippen molar-refractivity contribution in [1.82, 2.24) is 26.5 Å². The van der Waals surface area contributed by atoms with E-state index in [-0.39, 0.29) is 115 Å². The van der Waals surface area contributed by atoms with E-state index in [0.717, 1.165) is 51.4 Å². The molecule has 0 aliphatic carbocycles. The first-order valence-corrected chi connectivity index (χ1v) is 21.2. The molecule has 0 aromatic rings. The Hall–Kier alpha value is -3.85. The van der Waals surface area contributed by atoms with Gasteiger partial charge in [-0.3, -0.25) is 28.8 Å². The van der Waals surface area contributed by atoms with Gasteiger partial charge in [0, 0.05) is 38.9 Å². The Morgan fingerprint density at radius 3 is 1.34 bits per heavy atom. The second kappa shape index (κ2) is 39.6. The molecule has 0 rings (SSSR count). The number of amides is 4. The average Bonchev–Trinajstić information content (AvgIpc) is 3.19. The normalized spacial score (nSPS) is 12.0. The minimum atomic E-state index is -1.19. The van der Waals surface area contributed by atoms with Gasteiger partial charge in [0.15, 0.2) is 7.98 Å². The van der Waals surface area contributed by atoms with Crippen molar-refractivity contribution < 1.29 is 67.8 Å². The summed E-state index contributed by atoms with van der Waals surface area (Å²) in [5.41, 5.74) is 0. The molecule has 2 atom stereocenters. The number of hydrogen-bond acceptors (Lipinski definition) is 12. The molecule has 8 N–H and O–H groups in total. The van der Waals surface area contributed by atoms with Gasteiger partial charge in [-0.25, -0.2) is 4.79 Å². The van der Waals surface area contributed by atoms with E-state index in [0.29, 0.717) is 32.2 Å². The zero-order chi connectivity index (χ0) is 43.8. The number of carboxylic acids is 3. The molecule has 19 nitrogen and oxygen atoms in total. The summed E-state index contributed by atoms with van der Waals surface area (Å²) in [6, 6.07) is -1.74. The van der Waals surface area contributed by atoms with Gasteiger partial charge in [-0.05, 0) is 38.5 Å². The number of carbonyl (C=O) groups is 7. The number of hydrogen-bond donors (Lipinski definition) is 8. The van der Waals surface area contributed by atoms with Crippen LogP contribution in [0.3, 0.4) is 0 Å². The minimum Gasteiger partial charge on any atom is -0.481 e. The van der Waals surface area contributed by atoms with E-state index in [4.69, 9.17) is 29.2 Å². The topological polar surface area (TPSA) is 277 Å². The van der Waals surface area contributed by atoms with Crippen LogP contribution in [0.15, 0.2) is 0 Å². The summed E-state index contributed by atoms with van der Waals surface area (Å²) in [5.74, 6) is -4.12. The summed E-state index contributed by atoms with van der Waals surface area (Å²) < 4.78 is 21.3. The molecule has 0 aromatic heterocycles. The summed E-state index contributed by atoms with van der Waals surface area (Å²) >= 11 is 0. The highest BCUT2D eigenvalue weighted by Crippen LogP contribution is 2.13. The van der Waals surface area contributed by atoms with Crippen LogP contribution in [-0.4, -0.2) is 149 Å². The highest BCUT2D eigenvalue weighted by atomic mass is 16.5. The first-order chi connectivity index (χ1) is 28.5. The Morgan fingerprint density at radius 2 is 0.864 bits per heavy atom. The Kier molecular flexibility index (Phi) is 37.0. The van der Waals surface area contributed by atoms with Crippen LogP contribution in [0, 0.1) is 0 Å². The Bertz CT molecular complexity index is 1170. The van der Waals surface area contributed by atoms with E-state index < -0.39 is 30.0 Å². The van der Waals surface area contributed by atoms with Gasteiger partial charge in [-0.2, -0.15) is 0 Å². The number of nitrogens with one attached hydrogen (secondary N) is 5. The fourth-order valence-electron chi connectivity index (χ4n) is 5.71. The maximum absolute atomic E-state index is 12.3. The Balaban J connectivity index is 3.66. The van der Waals surface area contributed by atoms with Crippen LogP contribution in [0.2, 0.25) is 0 Å². The van der Waals surface area contributed by atoms with Gasteiger partial charge < -0.3 is 60.8 Å². The summed E-state index contributed by atoms with van der Waals surface area (Å²) in [5, 5.41) is 40.3. The lowest BCUT2D eigenvalue weighted by molar-refractivity contribution is -0.142. The van der Waals surface area contributed by atoms with Crippen molar-refractivity contribution >= 4 is 49.5 Å². The monoisotopic (exact) mass is 846 g/mol. The molecule has 0 fully saturated rings. The summed E-state index contributed by atoms with van der Waals surface area (Å²) in [6.45, 7) is 1.85. The lowest BCUT2D eigenvalue weighted by Gasteiger charge is -2.14. The molecule has 0 radical (unpaired) electrons. The molecule has 20 heteroatoms. The Morgan fingerprint density at radius 1 is 0.424 bits per heavy atom. The average molecular weight is 846 g/mol. The van der Waals surface area contributed by atoms with Crippen molar-refractivity contribution in [2.24, 2.45) is 0 Å². The van der Waals surface area contributed by atoms with E-state index in [1.165, 1.54) is 19.3 Å². The van der Waals surface area contributed by atoms with E-state index in [1.807, 2.05) is 0 Å². The van der Waals surface area contributed by atoms with Crippen LogP contribution in [0.4, 0.5) is 0 Å². The molecule has 0 unspecified atom stereocenters. The molecule has 0 aliphatic heterocycles. The number of ether oxygens (including phenoxy) is 4. The van der Waals surface area contributed by atoms with Gasteiger partial charge in [0.1, 0.15) is 19.3 Å². The molecule has 0 aromatic carbocycles. The van der Waals surface area contributed by atoms with Crippen molar-refractivity contribution in [3.05, 3.63) is 0 Å². The van der Waals surface area contributed by atoms with Crippen LogP contribution in [0.25, 0.3) is 0 Å². The molecule has 59 heavy (non-hydrogen) atoms. The van der Waals surface area contributed by atoms with E-state index in [9.17, 15) is 38.7 Å². The molecule has 0 aliphatic rings. The number of carboxylic acid groups (broad SMARTS) is 3. The van der Waals surface area contributed by atoms with Gasteiger partial charge in [0.2, 0.25) is 23.6 Å². The third-order valence-corrected chi connectivity index (χ3v) is 9.07. The van der Waals surface area contributed by atoms with E-state index in [2.05, 4.69) is 26.5 Å². The van der Waals surface area contributed by atoms with Gasteiger partial charge >= 0.3 is 17.9 Å². The molecule has 0 spiro atoms. The predicted octanol–water partition coefficient (Wildman–Crippen LogP) is 1.06. The zero-order valence-corrected chi connectivity index (χ0v) is 35.2. The highest BCUT2D eigenvalue weighted by molar-refractivity contribution is 6.06. The van der Waals surface area contributed by atoms with Crippen LogP contribution in [-0.2, 0) is 52.5 Å². The lowest BCUT2D eigenvalue weighted by Crippen LogP contribution is -2.41. The molecule has 4 amide bonds. The largest absolute Gasteiger partial charge is 0.481 e. The lowest BCUT2D eigenvalue weighted by atomic mass is 10.0. The molecular formula is C39H72BN5O14. The fraction of sp³-hybridized carbons (Fsp3) is 0.821. The van der Waals surface area contributed by atoms with Crippen molar-refractivity contribution in [2.45, 2.75) is 134 Å². The van der Waals surface area contributed by atoms with Crippen molar-refractivity contribution in [3.8, 4) is 0 Å². The summed E-state index contributed by atoms with van der Waals surface area (Å²) in [6.07, 6.45) is 14.5. The first kappa shape index (κ1) is 55.2. The van der Waals surface area contributed by atoms with Gasteiger partial charge in [0.05, 0.1) is 45.7 Å². The summed E-state index contributed by atoms with van der Waals surface area (Å²) in [7, 11) is 1.59. The van der Waals surface area contributed by atoms with E-state index in [1.54, 1.807) is 7.98 Å². The SMILES string of the molecule is BN[C@@H](CCCCNC(=O)COCCOCCNC(=O)COCCOCCNC(=O)CC[C@H](NC(=O)CCCCCCCCCCCCCCC(=O)O)C(=O)O)C(=O)O. The first-order valence-electron chi connectivity index (χ1n) is 21.2. The van der Waals surface area contributed by atoms with E-state index >= 15 is 0 Å². The number of carbonyl (C=O) groups excluding carboxylic acids is 4. The smallest absolute Gasteiger partial charge is 0.326 e. The standard InChI is InChI=1S/C39H72BN5O14/c40-45-32(39(54)55)15-13-14-20-41-35(48)29-58-27-26-57-24-22-43-36(49)30-59-28-25-56-23-21-42-33(46)19-18-31(38(52)53)44-34(47)16-11-9-7-5-3-1-2-4-6-8-10-12-17-37(50)51/h31-32,45H,1-30,40H2,(H,41,48)(H,42,46)(H,43,49)(H,44,47)(H,50,51)(H,52,53)(H,54,55)/t31-,32-/m0/s1. The van der Waals surface area contributed by atoms with Crippen LogP contribution in [0.5, 0.6) is 0 Å². The fourth-order valence-corrected chi connectivity index (χ4v) is 5.71.